The van der Waals surface area contributed by atoms with Crippen molar-refractivity contribution < 1.29 is 4.74 Å². The van der Waals surface area contributed by atoms with Gasteiger partial charge in [0, 0.05) is 18.5 Å². The summed E-state index contributed by atoms with van der Waals surface area (Å²) in [4.78, 5) is 2.65. The van der Waals surface area contributed by atoms with Crippen LogP contribution in [0.15, 0.2) is 0 Å². The predicted octanol–water partition coefficient (Wildman–Crippen LogP) is 1.49. The fraction of sp³-hybridized carbons (Fsp3) is 1.00. The highest BCUT2D eigenvalue weighted by Crippen LogP contribution is 2.18. The van der Waals surface area contributed by atoms with Gasteiger partial charge in [-0.05, 0) is 32.5 Å². The van der Waals surface area contributed by atoms with Crippen molar-refractivity contribution in [2.75, 3.05) is 39.4 Å². The summed E-state index contributed by atoms with van der Waals surface area (Å²) in [5, 5.41) is 3.55. The Bertz CT molecular complexity index is 190. The minimum atomic E-state index is 0.591. The van der Waals surface area contributed by atoms with Crippen molar-refractivity contribution in [3.8, 4) is 0 Å². The molecule has 0 aliphatic carbocycles. The van der Waals surface area contributed by atoms with Crippen molar-refractivity contribution in [2.45, 2.75) is 38.6 Å². The number of likely N-dealkylation sites (N-methyl/N-ethyl adjacent to an activating group) is 1. The highest BCUT2D eigenvalue weighted by Gasteiger charge is 2.29. The first-order valence-corrected chi connectivity index (χ1v) is 6.93. The molecule has 0 radical (unpaired) electrons. The molecular formula is C13H26N2O. The molecule has 0 saturated carbocycles. The van der Waals surface area contributed by atoms with Gasteiger partial charge in [-0.2, -0.15) is 0 Å². The lowest BCUT2D eigenvalue weighted by molar-refractivity contribution is 0.168. The van der Waals surface area contributed by atoms with Crippen molar-refractivity contribution in [1.82, 2.24) is 10.2 Å². The Morgan fingerprint density at radius 1 is 1.12 bits per heavy atom. The van der Waals surface area contributed by atoms with Crippen molar-refractivity contribution in [3.63, 3.8) is 0 Å². The Morgan fingerprint density at radius 3 is 2.56 bits per heavy atom. The molecule has 2 atom stereocenters. The second-order valence-electron chi connectivity index (χ2n) is 5.18. The summed E-state index contributed by atoms with van der Waals surface area (Å²) >= 11 is 0. The van der Waals surface area contributed by atoms with E-state index < -0.39 is 0 Å². The summed E-state index contributed by atoms with van der Waals surface area (Å²) < 4.78 is 5.61. The molecule has 2 saturated heterocycles. The number of nitrogens with zero attached hydrogens (tertiary/aromatic N) is 1. The summed E-state index contributed by atoms with van der Waals surface area (Å²) in [6.45, 7) is 8.94. The van der Waals surface area contributed by atoms with Gasteiger partial charge < -0.3 is 15.0 Å². The number of hydrogen-bond donors (Lipinski definition) is 1. The molecule has 2 rings (SSSR count). The van der Waals surface area contributed by atoms with E-state index in [0.29, 0.717) is 12.0 Å². The lowest BCUT2D eigenvalue weighted by Gasteiger charge is -2.26. The zero-order valence-electron chi connectivity index (χ0n) is 10.6. The van der Waals surface area contributed by atoms with Crippen LogP contribution in [0.5, 0.6) is 0 Å². The molecule has 0 aromatic rings. The first-order valence-electron chi connectivity index (χ1n) is 6.93. The van der Waals surface area contributed by atoms with Crippen LogP contribution >= 0.6 is 0 Å². The maximum absolute atomic E-state index is 5.61. The van der Waals surface area contributed by atoms with E-state index in [1.54, 1.807) is 0 Å². The molecule has 2 aliphatic rings. The van der Waals surface area contributed by atoms with E-state index in [-0.39, 0.29) is 0 Å². The Morgan fingerprint density at radius 2 is 1.88 bits per heavy atom. The van der Waals surface area contributed by atoms with E-state index >= 15 is 0 Å². The molecule has 2 aliphatic heterocycles. The molecule has 0 aromatic heterocycles. The minimum absolute atomic E-state index is 0.591. The van der Waals surface area contributed by atoms with Crippen LogP contribution in [0.3, 0.4) is 0 Å². The van der Waals surface area contributed by atoms with Crippen molar-refractivity contribution in [1.29, 1.82) is 0 Å². The number of ether oxygens (including phenoxy) is 1. The number of nitrogens with one attached hydrogen (secondary N) is 1. The molecule has 1 N–H and O–H groups in total. The van der Waals surface area contributed by atoms with Crippen LogP contribution in [0.4, 0.5) is 0 Å². The lowest BCUT2D eigenvalue weighted by atomic mass is 10.0. The summed E-state index contributed by atoms with van der Waals surface area (Å²) in [7, 11) is 0. The van der Waals surface area contributed by atoms with Gasteiger partial charge in [-0.25, -0.2) is 0 Å². The van der Waals surface area contributed by atoms with E-state index in [0.717, 1.165) is 19.8 Å². The normalized spacial score (nSPS) is 32.8. The molecule has 0 aromatic carbocycles. The third-order valence-electron chi connectivity index (χ3n) is 3.86. The van der Waals surface area contributed by atoms with Gasteiger partial charge in [0.25, 0.3) is 0 Å². The molecule has 2 fully saturated rings. The first-order chi connectivity index (χ1) is 7.90. The minimum Gasteiger partial charge on any atom is -0.379 e. The van der Waals surface area contributed by atoms with Gasteiger partial charge in [0.2, 0.25) is 0 Å². The van der Waals surface area contributed by atoms with E-state index in [4.69, 9.17) is 4.74 Å². The van der Waals surface area contributed by atoms with Crippen LogP contribution in [0.1, 0.15) is 32.6 Å². The SMILES string of the molecule is CCNC1COCC1CN1CCCCCC1. The molecular weight excluding hydrogens is 200 g/mol. The van der Waals surface area contributed by atoms with Gasteiger partial charge in [-0.1, -0.05) is 19.8 Å². The second kappa shape index (κ2) is 6.58. The van der Waals surface area contributed by atoms with Crippen LogP contribution < -0.4 is 5.32 Å². The molecule has 0 bridgehead atoms. The Balaban J connectivity index is 1.78. The summed E-state index contributed by atoms with van der Waals surface area (Å²) in [5.41, 5.74) is 0. The molecule has 16 heavy (non-hydrogen) atoms. The standard InChI is InChI=1S/C13H26N2O/c1-2-14-13-11-16-10-12(13)9-15-7-5-3-4-6-8-15/h12-14H,2-11H2,1H3. The zero-order chi connectivity index (χ0) is 11.2. The molecule has 2 unspecified atom stereocenters. The van der Waals surface area contributed by atoms with Crippen molar-refractivity contribution in [2.24, 2.45) is 5.92 Å². The number of hydrogen-bond acceptors (Lipinski definition) is 3. The Labute approximate surface area is 99.5 Å². The number of rotatable bonds is 4. The molecule has 3 heteroatoms. The van der Waals surface area contributed by atoms with Gasteiger partial charge in [0.15, 0.2) is 0 Å². The van der Waals surface area contributed by atoms with E-state index in [2.05, 4.69) is 17.1 Å². The van der Waals surface area contributed by atoms with Gasteiger partial charge in [0.05, 0.1) is 13.2 Å². The van der Waals surface area contributed by atoms with Crippen molar-refractivity contribution >= 4 is 0 Å². The summed E-state index contributed by atoms with van der Waals surface area (Å²) in [5.74, 6) is 0.707. The zero-order valence-corrected chi connectivity index (χ0v) is 10.6. The maximum Gasteiger partial charge on any atom is 0.0623 e. The topological polar surface area (TPSA) is 24.5 Å². The Kier molecular flexibility index (Phi) is 5.07. The van der Waals surface area contributed by atoms with Gasteiger partial charge in [-0.15, -0.1) is 0 Å². The second-order valence-corrected chi connectivity index (χ2v) is 5.18. The highest BCUT2D eigenvalue weighted by atomic mass is 16.5. The first kappa shape index (κ1) is 12.3. The predicted molar refractivity (Wildman–Crippen MR) is 66.7 cm³/mol. The molecule has 94 valence electrons. The average molecular weight is 226 g/mol. The maximum atomic E-state index is 5.61. The highest BCUT2D eigenvalue weighted by molar-refractivity contribution is 4.83. The van der Waals surface area contributed by atoms with Gasteiger partial charge in [0.1, 0.15) is 0 Å². The van der Waals surface area contributed by atoms with Gasteiger partial charge in [-0.3, -0.25) is 0 Å². The fourth-order valence-corrected chi connectivity index (χ4v) is 2.92. The molecule has 3 nitrogen and oxygen atoms in total. The van der Waals surface area contributed by atoms with Gasteiger partial charge >= 0.3 is 0 Å². The Hall–Kier alpha value is -0.120. The average Bonchev–Trinajstić information content (AvgIpc) is 2.56. The van der Waals surface area contributed by atoms with Crippen LogP contribution in [0.25, 0.3) is 0 Å². The smallest absolute Gasteiger partial charge is 0.0623 e. The van der Waals surface area contributed by atoms with E-state index in [1.807, 2.05) is 0 Å². The quantitative estimate of drug-likeness (QED) is 0.786. The molecule has 0 spiro atoms. The third-order valence-corrected chi connectivity index (χ3v) is 3.86. The lowest BCUT2D eigenvalue weighted by Crippen LogP contribution is -2.42. The molecule has 0 amide bonds. The largest absolute Gasteiger partial charge is 0.379 e. The number of likely N-dealkylation sites (tertiary alicyclic amines) is 1. The van der Waals surface area contributed by atoms with Crippen LogP contribution in [-0.2, 0) is 4.74 Å². The monoisotopic (exact) mass is 226 g/mol. The molecule has 2 heterocycles. The van der Waals surface area contributed by atoms with Crippen LogP contribution in [-0.4, -0.2) is 50.3 Å². The van der Waals surface area contributed by atoms with Crippen LogP contribution in [0.2, 0.25) is 0 Å². The third kappa shape index (κ3) is 3.44. The summed E-state index contributed by atoms with van der Waals surface area (Å²) in [6, 6.07) is 0.591. The van der Waals surface area contributed by atoms with E-state index in [9.17, 15) is 0 Å². The van der Waals surface area contributed by atoms with Crippen LogP contribution in [0, 0.1) is 5.92 Å². The fourth-order valence-electron chi connectivity index (χ4n) is 2.92. The van der Waals surface area contributed by atoms with Crippen molar-refractivity contribution in [3.05, 3.63) is 0 Å². The van der Waals surface area contributed by atoms with E-state index in [1.165, 1.54) is 45.3 Å². The summed E-state index contributed by atoms with van der Waals surface area (Å²) in [6.07, 6.45) is 5.63.